The quantitative estimate of drug-likeness (QED) is 0.118. The summed E-state index contributed by atoms with van der Waals surface area (Å²) in [5.74, 6) is -7.37. The fourth-order valence-corrected chi connectivity index (χ4v) is 14.4. The Bertz CT molecular complexity index is 2540. The number of carbonyl (C=O) groups excluding carboxylic acids is 4. The fourth-order valence-electron chi connectivity index (χ4n) is 14.4. The topological polar surface area (TPSA) is 252 Å². The molecule has 3 N–H and O–H groups in total. The first-order valence-corrected chi connectivity index (χ1v) is 24.8. The molecule has 0 amide bonds. The van der Waals surface area contributed by atoms with Gasteiger partial charge in [0.05, 0.1) is 58.6 Å². The Labute approximate surface area is 422 Å². The summed E-state index contributed by atoms with van der Waals surface area (Å²) in [5, 5.41) is 37.4. The molecule has 20 heteroatoms. The Morgan fingerprint density at radius 2 is 1.55 bits per heavy atom. The lowest BCUT2D eigenvalue weighted by molar-refractivity contribution is -0.314. The molecule has 0 aromatic heterocycles. The van der Waals surface area contributed by atoms with Crippen LogP contribution in [0.4, 0.5) is 0 Å². The monoisotopic (exact) mass is 1020 g/mol. The van der Waals surface area contributed by atoms with E-state index >= 15 is 0 Å². The van der Waals surface area contributed by atoms with Gasteiger partial charge < -0.3 is 76.9 Å². The van der Waals surface area contributed by atoms with Gasteiger partial charge in [-0.25, -0.2) is 9.59 Å². The van der Waals surface area contributed by atoms with Gasteiger partial charge in [-0.1, -0.05) is 38.1 Å². The van der Waals surface area contributed by atoms with Crippen LogP contribution in [0.1, 0.15) is 60.8 Å². The van der Waals surface area contributed by atoms with Gasteiger partial charge in [-0.3, -0.25) is 9.59 Å². The predicted octanol–water partition coefficient (Wildman–Crippen LogP) is 3.81. The number of methoxy groups -OCH3 is 2. The number of hydrogen-bond donors (Lipinski definition) is 3. The van der Waals surface area contributed by atoms with Crippen molar-refractivity contribution in [1.29, 1.82) is 0 Å². The van der Waals surface area contributed by atoms with Crippen molar-refractivity contribution in [2.75, 3.05) is 40.6 Å². The molecule has 6 heterocycles. The Kier molecular flexibility index (Phi) is 12.9. The maximum atomic E-state index is 14.2. The molecule has 9 aliphatic rings. The number of allylic oxidation sites excluding steroid dienone is 1. The average Bonchev–Trinajstić information content (AvgIpc) is 4.01. The molecule has 2 unspecified atom stereocenters. The van der Waals surface area contributed by atoms with Gasteiger partial charge in [0.2, 0.25) is 6.29 Å². The Balaban J connectivity index is 0.000000232. The summed E-state index contributed by atoms with van der Waals surface area (Å²) in [6.07, 6.45) is -2.33. The van der Waals surface area contributed by atoms with Gasteiger partial charge in [-0.2, -0.15) is 0 Å². The van der Waals surface area contributed by atoms with E-state index in [4.69, 9.17) is 61.6 Å². The number of aliphatic hydroxyl groups is 3. The minimum atomic E-state index is -2.82. The number of rotatable bonds is 12. The summed E-state index contributed by atoms with van der Waals surface area (Å²) in [5.41, 5.74) is -9.47. The van der Waals surface area contributed by atoms with Crippen LogP contribution in [0.25, 0.3) is 0 Å². The third-order valence-electron chi connectivity index (χ3n) is 17.5. The van der Waals surface area contributed by atoms with Crippen molar-refractivity contribution in [3.05, 3.63) is 78.6 Å². The second-order valence-corrected chi connectivity index (χ2v) is 20.9. The highest BCUT2D eigenvalue weighted by atomic mass is 16.7. The molecule has 2 bridgehead atoms. The lowest BCUT2D eigenvalue weighted by Crippen LogP contribution is -2.79. The predicted molar refractivity (Wildman–Crippen MR) is 248 cm³/mol. The van der Waals surface area contributed by atoms with Crippen molar-refractivity contribution in [2.24, 2.45) is 34.0 Å². The minimum absolute atomic E-state index is 0.00481. The van der Waals surface area contributed by atoms with Crippen molar-refractivity contribution < 1.29 is 96.1 Å². The third-order valence-corrected chi connectivity index (χ3v) is 17.5. The zero-order valence-electron chi connectivity index (χ0n) is 42.0. The highest BCUT2D eigenvalue weighted by Gasteiger charge is 2.97. The van der Waals surface area contributed by atoms with Crippen LogP contribution in [0.3, 0.4) is 0 Å². The maximum Gasteiger partial charge on any atom is 0.366 e. The molecule has 20 nitrogen and oxygen atoms in total. The summed E-state index contributed by atoms with van der Waals surface area (Å²) in [4.78, 5) is 54.4. The maximum absolute atomic E-state index is 14.2. The summed E-state index contributed by atoms with van der Waals surface area (Å²) in [7, 11) is 2.23. The molecule has 6 aliphatic heterocycles. The Hall–Kier alpha value is -5.16. The van der Waals surface area contributed by atoms with Gasteiger partial charge in [0.1, 0.15) is 58.8 Å². The number of carbonyl (C=O) groups is 4. The van der Waals surface area contributed by atoms with E-state index in [1.807, 2.05) is 61.5 Å². The van der Waals surface area contributed by atoms with Crippen molar-refractivity contribution in [2.45, 2.75) is 133 Å². The van der Waals surface area contributed by atoms with Gasteiger partial charge >= 0.3 is 23.9 Å². The van der Waals surface area contributed by atoms with E-state index in [1.165, 1.54) is 19.3 Å². The van der Waals surface area contributed by atoms with Gasteiger partial charge in [0, 0.05) is 47.5 Å². The number of para-hydroxylation sites is 1. The Morgan fingerprint density at radius 3 is 2.21 bits per heavy atom. The molecule has 8 fully saturated rings. The van der Waals surface area contributed by atoms with Crippen LogP contribution in [-0.4, -0.2) is 152 Å². The molecule has 11 rings (SSSR count). The largest absolute Gasteiger partial charge is 0.491 e. The first-order valence-electron chi connectivity index (χ1n) is 24.8. The molecule has 3 saturated carbocycles. The molecule has 396 valence electrons. The minimum Gasteiger partial charge on any atom is -0.491 e. The molecule has 3 aliphatic carbocycles. The number of ether oxygens (including phenoxy) is 13. The van der Waals surface area contributed by atoms with Gasteiger partial charge in [-0.05, 0) is 76.1 Å². The standard InChI is InChI=1S/C35H44O16.C18H20O4/c1-8-15(2)24(38)49-18-12-19(48-16(3)36)32(26(39)43-6)13-46-21-22(32)31(18)14-47-34(42,27(40)44-7)25(31)29(4,23(21)37)35-20-11-17(30(35,5)51-35)33(41)9-10-45-28(33)50-20;1-2-18-20-13-17(22-18)12-19-14-8-10-16(11-9-14)21-15-6-4-3-5-7-15/h8-10,17-23,25,28,37,41-42H,11-14H2,1-7H3;3-11,17-18H,2,12-13H2,1H3/b15-8+;/t17-,18+,19-,20+,21-,22-,23-,25+,28+,29-,30+,31+,32+,33+,34+,35+;/m1./s1. The number of esters is 4. The third kappa shape index (κ3) is 7.25. The fraction of sp³-hybridized carbons (Fsp3) is 0.623. The van der Waals surface area contributed by atoms with Crippen LogP contribution < -0.4 is 9.47 Å². The Morgan fingerprint density at radius 1 is 0.849 bits per heavy atom. The second kappa shape index (κ2) is 18.3. The smallest absolute Gasteiger partial charge is 0.366 e. The number of epoxide rings is 1. The van der Waals surface area contributed by atoms with Crippen LogP contribution in [0.5, 0.6) is 17.2 Å². The lowest BCUT2D eigenvalue weighted by Gasteiger charge is -2.65. The first-order chi connectivity index (χ1) is 34.8. The van der Waals surface area contributed by atoms with Crippen LogP contribution in [0, 0.1) is 34.0 Å². The molecule has 1 spiro atoms. The SMILES string of the molecule is C/C=C(\C)C(=O)O[C@H]1C[C@@H](OC(C)=O)[C@@]2(C(=O)OC)CO[C@H]3[C@@H](O)[C@@](C)([C@]45O[C@@]4(C)[C@H]4C[C@@H]5O[C@@H]5OC=C[C@@]54O)[C@H]4[C@]1(CO[C@]4(O)C(=O)OC)[C@@H]32.CCC1OCC(COc2ccc(Oc3ccccc3)cc2)O1. The number of hydrogen-bond acceptors (Lipinski definition) is 20. The first kappa shape index (κ1) is 51.3. The number of fused-ring (bicyclic) bond motifs is 7. The van der Waals surface area contributed by atoms with E-state index in [-0.39, 0.29) is 30.8 Å². The van der Waals surface area contributed by atoms with Gasteiger partial charge in [0.25, 0.3) is 5.79 Å². The van der Waals surface area contributed by atoms with Gasteiger partial charge in [0.15, 0.2) is 11.9 Å². The zero-order valence-corrected chi connectivity index (χ0v) is 42.0. The normalized spacial score (nSPS) is 43.9. The second-order valence-electron chi connectivity index (χ2n) is 20.9. The molecule has 5 saturated heterocycles. The molecule has 73 heavy (non-hydrogen) atoms. The summed E-state index contributed by atoms with van der Waals surface area (Å²) in [6, 6.07) is 17.3. The molecular formula is C53H64O20. The summed E-state index contributed by atoms with van der Waals surface area (Å²) in [6.45, 7) is 10.0. The van der Waals surface area contributed by atoms with Crippen LogP contribution in [0.2, 0.25) is 0 Å². The van der Waals surface area contributed by atoms with E-state index < -0.39 is 130 Å². The van der Waals surface area contributed by atoms with E-state index in [1.54, 1.807) is 33.8 Å². The summed E-state index contributed by atoms with van der Waals surface area (Å²) >= 11 is 0. The summed E-state index contributed by atoms with van der Waals surface area (Å²) < 4.78 is 76.6. The molecule has 2 aromatic rings. The van der Waals surface area contributed by atoms with E-state index in [2.05, 4.69) is 0 Å². The zero-order chi connectivity index (χ0) is 52.1. The highest BCUT2D eigenvalue weighted by Crippen LogP contribution is 2.83. The molecule has 2 aromatic carbocycles. The van der Waals surface area contributed by atoms with E-state index in [0.29, 0.717) is 13.2 Å². The highest BCUT2D eigenvalue weighted by molar-refractivity contribution is 5.88. The molecular weight excluding hydrogens is 957 g/mol. The van der Waals surface area contributed by atoms with Crippen molar-refractivity contribution in [1.82, 2.24) is 0 Å². The number of aliphatic hydroxyl groups excluding tert-OH is 1. The van der Waals surface area contributed by atoms with Crippen LogP contribution >= 0.6 is 0 Å². The average molecular weight is 1020 g/mol. The van der Waals surface area contributed by atoms with Crippen molar-refractivity contribution in [3.63, 3.8) is 0 Å². The molecule has 18 atom stereocenters. The van der Waals surface area contributed by atoms with Crippen LogP contribution in [0.15, 0.2) is 78.6 Å². The number of benzene rings is 2. The van der Waals surface area contributed by atoms with Gasteiger partial charge in [-0.15, -0.1) is 0 Å². The van der Waals surface area contributed by atoms with E-state index in [9.17, 15) is 34.5 Å². The van der Waals surface area contributed by atoms with Crippen molar-refractivity contribution in [3.8, 4) is 17.2 Å². The van der Waals surface area contributed by atoms with Crippen molar-refractivity contribution >= 4 is 23.9 Å². The molecule has 0 radical (unpaired) electrons. The lowest BCUT2D eigenvalue weighted by atomic mass is 9.37. The van der Waals surface area contributed by atoms with Crippen LogP contribution in [-0.2, 0) is 71.3 Å². The van der Waals surface area contributed by atoms with E-state index in [0.717, 1.165) is 37.9 Å².